The topological polar surface area (TPSA) is 67.3 Å². The zero-order valence-corrected chi connectivity index (χ0v) is 16.5. The van der Waals surface area contributed by atoms with Crippen LogP contribution in [0.3, 0.4) is 0 Å². The third-order valence-corrected chi connectivity index (χ3v) is 5.34. The van der Waals surface area contributed by atoms with Gasteiger partial charge in [0.05, 0.1) is 5.39 Å². The summed E-state index contributed by atoms with van der Waals surface area (Å²) in [5.41, 5.74) is 1.17. The fraction of sp³-hybridized carbons (Fsp3) is 0.350. The minimum absolute atomic E-state index is 0.0403. The Balaban J connectivity index is 1.67. The lowest BCUT2D eigenvalue weighted by Gasteiger charge is -2.18. The lowest BCUT2D eigenvalue weighted by molar-refractivity contribution is -0.120. The van der Waals surface area contributed by atoms with Crippen LogP contribution in [0.25, 0.3) is 20.7 Å². The Bertz CT molecular complexity index is 882. The van der Waals surface area contributed by atoms with Gasteiger partial charge in [-0.05, 0) is 18.1 Å². The van der Waals surface area contributed by atoms with E-state index < -0.39 is 0 Å². The third kappa shape index (κ3) is 5.02. The van der Waals surface area contributed by atoms with E-state index in [9.17, 15) is 4.79 Å². The molecule has 1 aromatic carbocycles. The van der Waals surface area contributed by atoms with Crippen LogP contribution >= 0.6 is 11.3 Å². The molecule has 2 heterocycles. The highest BCUT2D eigenvalue weighted by Crippen LogP contribution is 2.35. The van der Waals surface area contributed by atoms with Gasteiger partial charge in [-0.15, -0.1) is 11.3 Å². The number of hydrogen-bond acceptors (Lipinski definition) is 6. The van der Waals surface area contributed by atoms with Crippen molar-refractivity contribution in [2.75, 3.05) is 38.8 Å². The number of ether oxygens (including phenoxy) is 1. The van der Waals surface area contributed by atoms with Gasteiger partial charge in [0.25, 0.3) is 0 Å². The molecule has 0 radical (unpaired) electrons. The molecule has 1 N–H and O–H groups in total. The number of thiophene rings is 1. The summed E-state index contributed by atoms with van der Waals surface area (Å²) in [7, 11) is 3.62. The molecule has 0 saturated carbocycles. The molecule has 2 aromatic heterocycles. The molecule has 0 spiro atoms. The smallest absolute Gasteiger partial charge is 0.221 e. The summed E-state index contributed by atoms with van der Waals surface area (Å²) in [6, 6.07) is 12.4. The van der Waals surface area contributed by atoms with Crippen molar-refractivity contribution in [1.82, 2.24) is 15.3 Å². The molecule has 0 unspecified atom stereocenters. The Morgan fingerprint density at radius 1 is 1.26 bits per heavy atom. The Hall–Kier alpha value is -2.51. The molecule has 27 heavy (non-hydrogen) atoms. The second kappa shape index (κ2) is 9.43. The van der Waals surface area contributed by atoms with E-state index in [2.05, 4.69) is 33.5 Å². The summed E-state index contributed by atoms with van der Waals surface area (Å²) in [6.45, 7) is 1.89. The summed E-state index contributed by atoms with van der Waals surface area (Å²) >= 11 is 1.65. The number of carbonyl (C=O) groups is 1. The number of amides is 1. The maximum absolute atomic E-state index is 12.0. The normalized spacial score (nSPS) is 10.9. The van der Waals surface area contributed by atoms with Gasteiger partial charge in [0.15, 0.2) is 0 Å². The van der Waals surface area contributed by atoms with Crippen molar-refractivity contribution in [3.63, 3.8) is 0 Å². The molecule has 1 amide bonds. The summed E-state index contributed by atoms with van der Waals surface area (Å²) in [5.74, 6) is 0.893. The zero-order chi connectivity index (χ0) is 19.1. The molecule has 3 aromatic rings. The van der Waals surface area contributed by atoms with Crippen LogP contribution in [0.1, 0.15) is 12.8 Å². The molecule has 0 aliphatic rings. The number of fused-ring (bicyclic) bond motifs is 1. The van der Waals surface area contributed by atoms with E-state index in [0.717, 1.165) is 27.3 Å². The Kier molecular flexibility index (Phi) is 6.73. The van der Waals surface area contributed by atoms with E-state index in [1.807, 2.05) is 30.1 Å². The maximum Gasteiger partial charge on any atom is 0.221 e. The number of methoxy groups -OCH3 is 1. The van der Waals surface area contributed by atoms with Crippen LogP contribution in [-0.2, 0) is 9.53 Å². The fourth-order valence-electron chi connectivity index (χ4n) is 2.80. The first-order chi connectivity index (χ1) is 13.2. The van der Waals surface area contributed by atoms with E-state index in [-0.39, 0.29) is 5.91 Å². The average Bonchev–Trinajstić information content (AvgIpc) is 3.14. The van der Waals surface area contributed by atoms with Crippen LogP contribution in [0.15, 0.2) is 42.7 Å². The first kappa shape index (κ1) is 19.3. The van der Waals surface area contributed by atoms with Gasteiger partial charge in [-0.1, -0.05) is 30.3 Å². The van der Waals surface area contributed by atoms with Crippen molar-refractivity contribution in [3.8, 4) is 10.4 Å². The van der Waals surface area contributed by atoms with Crippen LogP contribution in [0.4, 0.5) is 5.82 Å². The fourth-order valence-corrected chi connectivity index (χ4v) is 3.80. The average molecular weight is 385 g/mol. The number of hydrogen-bond donors (Lipinski definition) is 1. The Labute approximate surface area is 163 Å². The number of nitrogens with one attached hydrogen (secondary N) is 1. The molecule has 0 bridgehead atoms. The van der Waals surface area contributed by atoms with E-state index in [1.54, 1.807) is 24.8 Å². The molecule has 0 atom stereocenters. The highest BCUT2D eigenvalue weighted by molar-refractivity contribution is 7.21. The Morgan fingerprint density at radius 3 is 2.85 bits per heavy atom. The largest absolute Gasteiger partial charge is 0.385 e. The monoisotopic (exact) mass is 384 g/mol. The van der Waals surface area contributed by atoms with E-state index in [4.69, 9.17) is 4.74 Å². The molecule has 142 valence electrons. The molecule has 0 aliphatic heterocycles. The first-order valence-electron chi connectivity index (χ1n) is 8.96. The van der Waals surface area contributed by atoms with Gasteiger partial charge in [0, 0.05) is 45.2 Å². The van der Waals surface area contributed by atoms with Gasteiger partial charge >= 0.3 is 0 Å². The van der Waals surface area contributed by atoms with Crippen LogP contribution in [0, 0.1) is 0 Å². The summed E-state index contributed by atoms with van der Waals surface area (Å²) in [5, 5.41) is 3.93. The highest BCUT2D eigenvalue weighted by atomic mass is 32.1. The number of aromatic nitrogens is 2. The second-order valence-electron chi connectivity index (χ2n) is 6.26. The van der Waals surface area contributed by atoms with Crippen molar-refractivity contribution in [2.45, 2.75) is 12.8 Å². The molecule has 7 heteroatoms. The predicted octanol–water partition coefficient (Wildman–Crippen LogP) is 3.34. The first-order valence-corrected chi connectivity index (χ1v) is 9.77. The number of anilines is 1. The Morgan fingerprint density at radius 2 is 2.07 bits per heavy atom. The van der Waals surface area contributed by atoms with E-state index >= 15 is 0 Å². The van der Waals surface area contributed by atoms with Crippen molar-refractivity contribution < 1.29 is 9.53 Å². The standard InChI is InChI=1S/C20H24N4O2S/c1-24(11-9-18(25)21-10-6-12-26-2)19-16-13-17(15-7-4-3-5-8-15)27-20(16)23-14-22-19/h3-5,7-8,13-14H,6,9-12H2,1-2H3,(H,21,25). The minimum Gasteiger partial charge on any atom is -0.385 e. The molecule has 0 aliphatic carbocycles. The van der Waals surface area contributed by atoms with Crippen LogP contribution in [-0.4, -0.2) is 49.7 Å². The maximum atomic E-state index is 12.0. The van der Waals surface area contributed by atoms with Gasteiger partial charge < -0.3 is 15.0 Å². The van der Waals surface area contributed by atoms with Gasteiger partial charge in [0.2, 0.25) is 5.91 Å². The number of nitrogens with zero attached hydrogens (tertiary/aromatic N) is 3. The second-order valence-corrected chi connectivity index (χ2v) is 7.29. The summed E-state index contributed by atoms with van der Waals surface area (Å²) in [6.07, 6.45) is 2.83. The predicted molar refractivity (Wildman–Crippen MR) is 110 cm³/mol. The van der Waals surface area contributed by atoms with Gasteiger partial charge in [-0.3, -0.25) is 4.79 Å². The lowest BCUT2D eigenvalue weighted by atomic mass is 10.2. The molecule has 0 saturated heterocycles. The quantitative estimate of drug-likeness (QED) is 0.573. The van der Waals surface area contributed by atoms with Crippen molar-refractivity contribution >= 4 is 33.3 Å². The molecular formula is C20H24N4O2S. The zero-order valence-electron chi connectivity index (χ0n) is 15.6. The van der Waals surface area contributed by atoms with E-state index in [1.165, 1.54) is 5.56 Å². The highest BCUT2D eigenvalue weighted by Gasteiger charge is 2.14. The van der Waals surface area contributed by atoms with Gasteiger partial charge in [-0.2, -0.15) is 0 Å². The SMILES string of the molecule is COCCCNC(=O)CCN(C)c1ncnc2sc(-c3ccccc3)cc12. The van der Waals surface area contributed by atoms with Crippen molar-refractivity contribution in [1.29, 1.82) is 0 Å². The molecule has 0 fully saturated rings. The minimum atomic E-state index is 0.0403. The molecular weight excluding hydrogens is 360 g/mol. The number of carbonyl (C=O) groups excluding carboxylic acids is 1. The number of benzene rings is 1. The number of rotatable bonds is 9. The lowest BCUT2D eigenvalue weighted by Crippen LogP contribution is -2.30. The molecule has 6 nitrogen and oxygen atoms in total. The summed E-state index contributed by atoms with van der Waals surface area (Å²) < 4.78 is 4.98. The molecule has 3 rings (SSSR count). The van der Waals surface area contributed by atoms with Crippen molar-refractivity contribution in [3.05, 3.63) is 42.7 Å². The van der Waals surface area contributed by atoms with Crippen molar-refractivity contribution in [2.24, 2.45) is 0 Å². The van der Waals surface area contributed by atoms with Gasteiger partial charge in [0.1, 0.15) is 17.0 Å². The van der Waals surface area contributed by atoms with Gasteiger partial charge in [-0.25, -0.2) is 9.97 Å². The van der Waals surface area contributed by atoms with E-state index in [0.29, 0.717) is 26.1 Å². The van der Waals surface area contributed by atoms with Crippen LogP contribution in [0.5, 0.6) is 0 Å². The van der Waals surface area contributed by atoms with Crippen LogP contribution in [0.2, 0.25) is 0 Å². The summed E-state index contributed by atoms with van der Waals surface area (Å²) in [4.78, 5) is 25.0. The third-order valence-electron chi connectivity index (χ3n) is 4.25. The van der Waals surface area contributed by atoms with Crippen LogP contribution < -0.4 is 10.2 Å².